The zero-order valence-corrected chi connectivity index (χ0v) is 8.03. The summed E-state index contributed by atoms with van der Waals surface area (Å²) in [4.78, 5) is 15.0. The minimum atomic E-state index is -0.0803. The minimum Gasteiger partial charge on any atom is -0.331 e. The highest BCUT2D eigenvalue weighted by molar-refractivity contribution is 5.73. The van der Waals surface area contributed by atoms with Gasteiger partial charge in [0.15, 0.2) is 5.66 Å². The smallest absolute Gasteiger partial charge is 0.319 e. The standard InChI is InChI=1S/C8H14N4O/c1-11(2)7(13)12-5-3-8(4-6-12)9-10-8/h3-6H2,1-2H3. The molecule has 5 heteroatoms. The van der Waals surface area contributed by atoms with Gasteiger partial charge in [-0.1, -0.05) is 0 Å². The van der Waals surface area contributed by atoms with Gasteiger partial charge in [0.05, 0.1) is 0 Å². The number of rotatable bonds is 0. The Morgan fingerprint density at radius 1 is 1.31 bits per heavy atom. The predicted octanol–water partition coefficient (Wildman–Crippen LogP) is 0.926. The Morgan fingerprint density at radius 2 is 1.85 bits per heavy atom. The molecule has 0 aromatic rings. The molecule has 2 heterocycles. The van der Waals surface area contributed by atoms with Crippen molar-refractivity contribution in [3.05, 3.63) is 0 Å². The number of likely N-dealkylation sites (tertiary alicyclic amines) is 1. The molecular formula is C8H14N4O. The molecule has 1 saturated heterocycles. The fraction of sp³-hybridized carbons (Fsp3) is 0.875. The van der Waals surface area contributed by atoms with Crippen molar-refractivity contribution in [2.24, 2.45) is 10.2 Å². The summed E-state index contributed by atoms with van der Waals surface area (Å²) < 4.78 is 0. The van der Waals surface area contributed by atoms with Gasteiger partial charge in [-0.15, -0.1) is 0 Å². The summed E-state index contributed by atoms with van der Waals surface area (Å²) in [6.07, 6.45) is 1.79. The van der Waals surface area contributed by atoms with Gasteiger partial charge in [-0.05, 0) is 0 Å². The molecule has 0 N–H and O–H groups in total. The van der Waals surface area contributed by atoms with Crippen LogP contribution in [0.2, 0.25) is 0 Å². The third kappa shape index (κ3) is 1.50. The number of carbonyl (C=O) groups is 1. The summed E-state index contributed by atoms with van der Waals surface area (Å²) >= 11 is 0. The van der Waals surface area contributed by atoms with E-state index in [0.29, 0.717) is 0 Å². The van der Waals surface area contributed by atoms with Crippen LogP contribution in [0.1, 0.15) is 12.8 Å². The zero-order valence-electron chi connectivity index (χ0n) is 8.03. The van der Waals surface area contributed by atoms with Crippen LogP contribution < -0.4 is 0 Å². The van der Waals surface area contributed by atoms with Crippen molar-refractivity contribution in [2.75, 3.05) is 27.2 Å². The van der Waals surface area contributed by atoms with E-state index in [4.69, 9.17) is 0 Å². The van der Waals surface area contributed by atoms with E-state index in [9.17, 15) is 4.79 Å². The monoisotopic (exact) mass is 182 g/mol. The third-order valence-corrected chi connectivity index (χ3v) is 2.60. The van der Waals surface area contributed by atoms with Crippen molar-refractivity contribution in [2.45, 2.75) is 18.5 Å². The number of carbonyl (C=O) groups excluding carboxylic acids is 1. The maximum Gasteiger partial charge on any atom is 0.319 e. The van der Waals surface area contributed by atoms with Crippen LogP contribution in [0.5, 0.6) is 0 Å². The van der Waals surface area contributed by atoms with Gasteiger partial charge in [0.1, 0.15) is 0 Å². The molecule has 0 radical (unpaired) electrons. The van der Waals surface area contributed by atoms with Crippen LogP contribution in [-0.4, -0.2) is 48.7 Å². The summed E-state index contributed by atoms with van der Waals surface area (Å²) in [5, 5.41) is 8.01. The van der Waals surface area contributed by atoms with Crippen molar-refractivity contribution in [3.8, 4) is 0 Å². The van der Waals surface area contributed by atoms with Gasteiger partial charge in [-0.2, -0.15) is 10.2 Å². The van der Waals surface area contributed by atoms with Gasteiger partial charge in [-0.3, -0.25) is 0 Å². The molecule has 0 bridgehead atoms. The molecule has 0 aromatic heterocycles. The van der Waals surface area contributed by atoms with Gasteiger partial charge in [0.25, 0.3) is 0 Å². The Morgan fingerprint density at radius 3 is 2.23 bits per heavy atom. The zero-order chi connectivity index (χ0) is 9.47. The van der Waals surface area contributed by atoms with Crippen LogP contribution in [0, 0.1) is 0 Å². The maximum absolute atomic E-state index is 11.5. The van der Waals surface area contributed by atoms with E-state index in [2.05, 4.69) is 10.2 Å². The van der Waals surface area contributed by atoms with Gasteiger partial charge in [-0.25, -0.2) is 4.79 Å². The Hall–Kier alpha value is -1.13. The normalized spacial score (nSPS) is 23.4. The van der Waals surface area contributed by atoms with Crippen molar-refractivity contribution in [1.82, 2.24) is 9.80 Å². The van der Waals surface area contributed by atoms with Gasteiger partial charge >= 0.3 is 6.03 Å². The molecule has 2 amide bonds. The molecule has 2 aliphatic rings. The Bertz CT molecular complexity index is 245. The first-order valence-corrected chi connectivity index (χ1v) is 4.53. The number of hydrogen-bond donors (Lipinski definition) is 0. The number of urea groups is 1. The molecule has 0 unspecified atom stereocenters. The first-order valence-electron chi connectivity index (χ1n) is 4.53. The molecule has 0 atom stereocenters. The minimum absolute atomic E-state index is 0.0803. The first kappa shape index (κ1) is 8.47. The molecule has 13 heavy (non-hydrogen) atoms. The van der Waals surface area contributed by atoms with E-state index in [1.807, 2.05) is 4.90 Å². The molecule has 1 spiro atoms. The van der Waals surface area contributed by atoms with Crippen molar-refractivity contribution < 1.29 is 4.79 Å². The third-order valence-electron chi connectivity index (χ3n) is 2.60. The maximum atomic E-state index is 11.5. The lowest BCUT2D eigenvalue weighted by Gasteiger charge is -2.31. The van der Waals surface area contributed by atoms with E-state index in [0.717, 1.165) is 25.9 Å². The Labute approximate surface area is 77.4 Å². The van der Waals surface area contributed by atoms with Crippen LogP contribution in [0.4, 0.5) is 4.79 Å². The van der Waals surface area contributed by atoms with Crippen molar-refractivity contribution in [1.29, 1.82) is 0 Å². The highest BCUT2D eigenvalue weighted by atomic mass is 16.2. The summed E-state index contributed by atoms with van der Waals surface area (Å²) in [6, 6.07) is 0.0931. The quantitative estimate of drug-likeness (QED) is 0.549. The van der Waals surface area contributed by atoms with Crippen LogP contribution in [0.15, 0.2) is 10.2 Å². The fourth-order valence-corrected chi connectivity index (χ4v) is 1.61. The lowest BCUT2D eigenvalue weighted by Crippen LogP contribution is -2.45. The van der Waals surface area contributed by atoms with Crippen molar-refractivity contribution >= 4 is 6.03 Å². The SMILES string of the molecule is CN(C)C(=O)N1CCC2(CC1)N=N2. The highest BCUT2D eigenvalue weighted by Crippen LogP contribution is 2.38. The van der Waals surface area contributed by atoms with Gasteiger partial charge in [0, 0.05) is 40.0 Å². The second kappa shape index (κ2) is 2.68. The molecule has 1 fully saturated rings. The highest BCUT2D eigenvalue weighted by Gasteiger charge is 2.43. The van der Waals surface area contributed by atoms with E-state index in [1.165, 1.54) is 0 Å². The molecule has 72 valence electrons. The average Bonchev–Trinajstić information content (AvgIpc) is 2.85. The lowest BCUT2D eigenvalue weighted by molar-refractivity contribution is 0.152. The molecule has 0 aliphatic carbocycles. The molecule has 2 rings (SSSR count). The van der Waals surface area contributed by atoms with Crippen LogP contribution >= 0.6 is 0 Å². The molecular weight excluding hydrogens is 168 g/mol. The average molecular weight is 182 g/mol. The number of nitrogens with zero attached hydrogens (tertiary/aromatic N) is 4. The largest absolute Gasteiger partial charge is 0.331 e. The fourth-order valence-electron chi connectivity index (χ4n) is 1.61. The van der Waals surface area contributed by atoms with E-state index >= 15 is 0 Å². The van der Waals surface area contributed by atoms with Crippen LogP contribution in [0.25, 0.3) is 0 Å². The Balaban J connectivity index is 1.87. The van der Waals surface area contributed by atoms with Gasteiger partial charge in [0.2, 0.25) is 0 Å². The predicted molar refractivity (Wildman–Crippen MR) is 47.5 cm³/mol. The summed E-state index contributed by atoms with van der Waals surface area (Å²) in [6.45, 7) is 1.56. The van der Waals surface area contributed by atoms with E-state index in [1.54, 1.807) is 19.0 Å². The number of piperidine rings is 1. The lowest BCUT2D eigenvalue weighted by atomic mass is 10.0. The molecule has 0 aromatic carbocycles. The first-order chi connectivity index (χ1) is 6.13. The second-order valence-electron chi connectivity index (χ2n) is 3.85. The molecule has 5 nitrogen and oxygen atoms in total. The number of amides is 2. The summed E-state index contributed by atoms with van der Waals surface area (Å²) in [5.74, 6) is 0. The summed E-state index contributed by atoms with van der Waals surface area (Å²) in [5.41, 5.74) is -0.0803. The summed E-state index contributed by atoms with van der Waals surface area (Å²) in [7, 11) is 3.55. The van der Waals surface area contributed by atoms with E-state index in [-0.39, 0.29) is 11.7 Å². The number of hydrogen-bond acceptors (Lipinski definition) is 3. The van der Waals surface area contributed by atoms with E-state index < -0.39 is 0 Å². The van der Waals surface area contributed by atoms with Crippen LogP contribution in [-0.2, 0) is 0 Å². The van der Waals surface area contributed by atoms with Crippen LogP contribution in [0.3, 0.4) is 0 Å². The topological polar surface area (TPSA) is 48.3 Å². The molecule has 0 saturated carbocycles. The molecule has 2 aliphatic heterocycles. The second-order valence-corrected chi connectivity index (χ2v) is 3.85. The Kier molecular flexibility index (Phi) is 1.75. The van der Waals surface area contributed by atoms with Gasteiger partial charge < -0.3 is 9.80 Å². The van der Waals surface area contributed by atoms with Crippen molar-refractivity contribution in [3.63, 3.8) is 0 Å².